The van der Waals surface area contributed by atoms with E-state index >= 15 is 0 Å². The number of aliphatic hydroxyl groups is 1. The molecule has 3 aromatic rings. The van der Waals surface area contributed by atoms with E-state index in [9.17, 15) is 10.4 Å². The molecule has 1 fully saturated rings. The van der Waals surface area contributed by atoms with Crippen LogP contribution in [0.5, 0.6) is 0 Å². The molecule has 6 N–H and O–H groups in total. The Morgan fingerprint density at radius 1 is 1.26 bits per heavy atom. The first-order valence-electron chi connectivity index (χ1n) is 10.2. The van der Waals surface area contributed by atoms with Crippen molar-refractivity contribution in [3.8, 4) is 6.07 Å². The fourth-order valence-electron chi connectivity index (χ4n) is 3.98. The Balaban J connectivity index is 1.75. The summed E-state index contributed by atoms with van der Waals surface area (Å²) >= 11 is 0. The number of nitrogens with two attached hydrogens (primary N) is 2. The fourth-order valence-corrected chi connectivity index (χ4v) is 3.98. The molecule has 0 amide bonds. The molecule has 1 aliphatic heterocycles. The number of nitrogen functional groups attached to an aromatic ring is 2. The highest BCUT2D eigenvalue weighted by molar-refractivity contribution is 5.81. The molecule has 1 atom stereocenters. The number of aromatic nitrogens is 4. The summed E-state index contributed by atoms with van der Waals surface area (Å²) in [4.78, 5) is 15.2. The predicted molar refractivity (Wildman–Crippen MR) is 120 cm³/mol. The normalized spacial score (nSPS) is 16.8. The first-order valence-corrected chi connectivity index (χ1v) is 10.2. The summed E-state index contributed by atoms with van der Waals surface area (Å²) in [5, 5.41) is 23.1. The van der Waals surface area contributed by atoms with Crippen LogP contribution < -0.4 is 21.7 Å². The van der Waals surface area contributed by atoms with Gasteiger partial charge in [-0.15, -0.1) is 0 Å². The number of aryl methyl sites for hydroxylation is 1. The van der Waals surface area contributed by atoms with Crippen LogP contribution in [0, 0.1) is 11.3 Å². The van der Waals surface area contributed by atoms with Crippen molar-refractivity contribution in [3.05, 3.63) is 29.6 Å². The van der Waals surface area contributed by atoms with Crippen LogP contribution in [0.15, 0.2) is 18.3 Å². The summed E-state index contributed by atoms with van der Waals surface area (Å²) in [6, 6.07) is 5.85. The maximum Gasteiger partial charge on any atom is 0.224 e. The number of nitrogens with one attached hydrogen (secondary N) is 1. The molecule has 0 aromatic carbocycles. The number of anilines is 4. The molecule has 1 aliphatic rings. The van der Waals surface area contributed by atoms with Crippen molar-refractivity contribution in [1.82, 2.24) is 19.5 Å². The Morgan fingerprint density at radius 3 is 2.65 bits per heavy atom. The van der Waals surface area contributed by atoms with Crippen LogP contribution in [0.4, 0.5) is 23.3 Å². The Kier molecular flexibility index (Phi) is 5.07. The Hall–Kier alpha value is -3.58. The molecule has 31 heavy (non-hydrogen) atoms. The van der Waals surface area contributed by atoms with Crippen molar-refractivity contribution in [1.29, 1.82) is 5.26 Å². The molecule has 162 valence electrons. The summed E-state index contributed by atoms with van der Waals surface area (Å²) in [7, 11) is 1.99. The summed E-state index contributed by atoms with van der Waals surface area (Å²) < 4.78 is 2.04. The second-order valence-corrected chi connectivity index (χ2v) is 8.38. The summed E-state index contributed by atoms with van der Waals surface area (Å²) in [5.74, 6) is 0.313. The van der Waals surface area contributed by atoms with E-state index < -0.39 is 5.60 Å². The van der Waals surface area contributed by atoms with Gasteiger partial charge in [-0.1, -0.05) is 0 Å². The number of pyridine rings is 1. The van der Waals surface area contributed by atoms with E-state index in [2.05, 4.69) is 26.3 Å². The smallest absolute Gasteiger partial charge is 0.224 e. The standard InChI is InChI=1S/C21H27N9O/c1-12(25-19-13(11-22)18(23)27-20(24)28-19)17-16(30-8-5-21(2,31)6-9-30)10-15-14(26-17)4-7-29(15)3/h4,7,10,12,31H,5-6,8-9H2,1-3H3,(H5,23,24,25,27,28)/t12-/m0/s1. The maximum atomic E-state index is 10.4. The quantitative estimate of drug-likeness (QED) is 0.494. The van der Waals surface area contributed by atoms with Crippen molar-refractivity contribution in [3.63, 3.8) is 0 Å². The van der Waals surface area contributed by atoms with E-state index in [1.807, 2.05) is 43.8 Å². The van der Waals surface area contributed by atoms with E-state index in [0.717, 1.165) is 35.5 Å². The molecular weight excluding hydrogens is 394 g/mol. The minimum Gasteiger partial charge on any atom is -0.390 e. The number of rotatable bonds is 4. The molecule has 4 heterocycles. The van der Waals surface area contributed by atoms with E-state index in [1.54, 1.807) is 0 Å². The maximum absolute atomic E-state index is 10.4. The SMILES string of the molecule is C[C@H](Nc1nc(N)nc(N)c1C#N)c1nc2ccn(C)c2cc1N1CCC(C)(O)CC1. The van der Waals surface area contributed by atoms with Crippen molar-refractivity contribution in [2.45, 2.75) is 38.3 Å². The van der Waals surface area contributed by atoms with Gasteiger partial charge in [0.15, 0.2) is 5.82 Å². The molecule has 0 bridgehead atoms. The largest absolute Gasteiger partial charge is 0.390 e. The number of nitriles is 1. The van der Waals surface area contributed by atoms with Crippen molar-refractivity contribution in [2.75, 3.05) is 34.8 Å². The third kappa shape index (κ3) is 3.92. The van der Waals surface area contributed by atoms with Gasteiger partial charge in [0.1, 0.15) is 17.5 Å². The molecule has 10 heteroatoms. The topological polar surface area (TPSA) is 155 Å². The number of piperidine rings is 1. The lowest BCUT2D eigenvalue weighted by molar-refractivity contribution is 0.0351. The second kappa shape index (κ2) is 7.59. The zero-order chi connectivity index (χ0) is 22.3. The minimum absolute atomic E-state index is 0.00356. The van der Waals surface area contributed by atoms with Crippen LogP contribution in [0.1, 0.15) is 44.0 Å². The molecule has 10 nitrogen and oxygen atoms in total. The van der Waals surface area contributed by atoms with Gasteiger partial charge in [-0.3, -0.25) is 0 Å². The molecule has 0 spiro atoms. The monoisotopic (exact) mass is 421 g/mol. The van der Waals surface area contributed by atoms with Gasteiger partial charge in [0, 0.05) is 26.3 Å². The first-order chi connectivity index (χ1) is 14.7. The van der Waals surface area contributed by atoms with Crippen LogP contribution in [-0.2, 0) is 7.05 Å². The number of hydrogen-bond acceptors (Lipinski definition) is 9. The van der Waals surface area contributed by atoms with Crippen LogP contribution in [0.2, 0.25) is 0 Å². The van der Waals surface area contributed by atoms with E-state index in [0.29, 0.717) is 12.8 Å². The van der Waals surface area contributed by atoms with Gasteiger partial charge < -0.3 is 31.4 Å². The molecule has 0 radical (unpaired) electrons. The zero-order valence-corrected chi connectivity index (χ0v) is 17.9. The highest BCUT2D eigenvalue weighted by atomic mass is 16.3. The average Bonchev–Trinajstić information content (AvgIpc) is 3.07. The highest BCUT2D eigenvalue weighted by Crippen LogP contribution is 2.34. The predicted octanol–water partition coefficient (Wildman–Crippen LogP) is 1.92. The third-order valence-corrected chi connectivity index (χ3v) is 5.89. The highest BCUT2D eigenvalue weighted by Gasteiger charge is 2.30. The van der Waals surface area contributed by atoms with E-state index in [1.165, 1.54) is 0 Å². The Labute approximate surface area is 180 Å². The molecule has 0 aliphatic carbocycles. The van der Waals surface area contributed by atoms with Crippen LogP contribution >= 0.6 is 0 Å². The van der Waals surface area contributed by atoms with Crippen LogP contribution in [0.3, 0.4) is 0 Å². The lowest BCUT2D eigenvalue weighted by Gasteiger charge is -2.38. The van der Waals surface area contributed by atoms with Crippen LogP contribution in [0.25, 0.3) is 11.0 Å². The summed E-state index contributed by atoms with van der Waals surface area (Å²) in [5.41, 5.74) is 14.8. The Bertz CT molecular complexity index is 1170. The van der Waals surface area contributed by atoms with E-state index in [-0.39, 0.29) is 29.2 Å². The van der Waals surface area contributed by atoms with Gasteiger partial charge in [0.05, 0.1) is 34.1 Å². The minimum atomic E-state index is -0.652. The first kappa shape index (κ1) is 20.7. The molecule has 1 saturated heterocycles. The van der Waals surface area contributed by atoms with Crippen molar-refractivity contribution < 1.29 is 5.11 Å². The van der Waals surface area contributed by atoms with Gasteiger partial charge in [-0.2, -0.15) is 15.2 Å². The molecule has 0 unspecified atom stereocenters. The average molecular weight is 422 g/mol. The lowest BCUT2D eigenvalue weighted by atomic mass is 9.93. The third-order valence-electron chi connectivity index (χ3n) is 5.89. The van der Waals surface area contributed by atoms with Gasteiger partial charge in [-0.25, -0.2) is 4.98 Å². The zero-order valence-electron chi connectivity index (χ0n) is 17.9. The number of nitrogens with zero attached hydrogens (tertiary/aromatic N) is 6. The van der Waals surface area contributed by atoms with Gasteiger partial charge in [-0.05, 0) is 38.8 Å². The van der Waals surface area contributed by atoms with Gasteiger partial charge in [0.2, 0.25) is 5.95 Å². The Morgan fingerprint density at radius 2 is 1.97 bits per heavy atom. The fraction of sp³-hybridized carbons (Fsp3) is 0.429. The van der Waals surface area contributed by atoms with Crippen molar-refractivity contribution >= 4 is 34.3 Å². The van der Waals surface area contributed by atoms with E-state index in [4.69, 9.17) is 16.5 Å². The molecule has 3 aromatic heterocycles. The molecular formula is C21H27N9O. The van der Waals surface area contributed by atoms with Gasteiger partial charge in [0.25, 0.3) is 0 Å². The second-order valence-electron chi connectivity index (χ2n) is 8.38. The van der Waals surface area contributed by atoms with Crippen molar-refractivity contribution in [2.24, 2.45) is 7.05 Å². The number of fused-ring (bicyclic) bond motifs is 1. The van der Waals surface area contributed by atoms with Crippen LogP contribution in [-0.4, -0.2) is 43.3 Å². The molecule has 0 saturated carbocycles. The number of hydrogen-bond donors (Lipinski definition) is 4. The molecule has 4 rings (SSSR count). The summed E-state index contributed by atoms with van der Waals surface area (Å²) in [6.45, 7) is 5.28. The lowest BCUT2D eigenvalue weighted by Crippen LogP contribution is -2.43. The van der Waals surface area contributed by atoms with Gasteiger partial charge >= 0.3 is 0 Å². The summed E-state index contributed by atoms with van der Waals surface area (Å²) in [6.07, 6.45) is 3.33.